The molecular weight excluding hydrogens is 439 g/mol. The maximum absolute atomic E-state index is 6.40. The Morgan fingerprint density at radius 1 is 0.969 bits per heavy atom. The molecule has 0 atom stereocenters. The van der Waals surface area contributed by atoms with Gasteiger partial charge >= 0.3 is 0 Å². The highest BCUT2D eigenvalue weighted by Crippen LogP contribution is 2.28. The molecule has 3 rings (SSSR count). The Morgan fingerprint density at radius 2 is 1.62 bits per heavy atom. The molecule has 0 saturated heterocycles. The topological polar surface area (TPSA) is 24.8 Å². The Hall–Kier alpha value is -3.01. The van der Waals surface area contributed by atoms with Gasteiger partial charge in [-0.05, 0) is 60.0 Å². The van der Waals surface area contributed by atoms with E-state index in [4.69, 9.17) is 27.9 Å². The van der Waals surface area contributed by atoms with Gasteiger partial charge in [0.2, 0.25) is 0 Å². The van der Waals surface area contributed by atoms with Crippen molar-refractivity contribution in [1.82, 2.24) is 4.90 Å². The molecule has 3 aromatic carbocycles. The van der Waals surface area contributed by atoms with Crippen molar-refractivity contribution >= 4 is 41.2 Å². The van der Waals surface area contributed by atoms with E-state index in [-0.39, 0.29) is 0 Å². The molecule has 5 heteroatoms. The second-order valence-electron chi connectivity index (χ2n) is 7.20. The molecule has 0 N–H and O–H groups in total. The zero-order valence-electron chi connectivity index (χ0n) is 18.4. The molecule has 0 spiro atoms. The van der Waals surface area contributed by atoms with Crippen molar-refractivity contribution < 1.29 is 4.74 Å². The first-order valence-corrected chi connectivity index (χ1v) is 11.1. The fourth-order valence-corrected chi connectivity index (χ4v) is 3.52. The number of ether oxygens (including phenoxy) is 1. The van der Waals surface area contributed by atoms with Gasteiger partial charge in [0.25, 0.3) is 0 Å². The third-order valence-electron chi connectivity index (χ3n) is 4.97. The Balaban J connectivity index is 1.74. The van der Waals surface area contributed by atoms with Crippen molar-refractivity contribution in [1.29, 1.82) is 0 Å². The standard InChI is InChI=1S/C27H26Cl2N2O/c1-4-31(2)19-27(25-16-13-23(28)18-26(25)29)30-17-5-6-20-7-9-21(10-8-20)22-11-14-24(32-3)15-12-22/h5-19H,4H2,1-3H3/b6-5+,27-19-,30-17-. The molecule has 164 valence electrons. The Kier molecular flexibility index (Phi) is 8.55. The van der Waals surface area contributed by atoms with Gasteiger partial charge in [-0.2, -0.15) is 0 Å². The van der Waals surface area contributed by atoms with Gasteiger partial charge in [-0.25, -0.2) is 0 Å². The predicted molar refractivity (Wildman–Crippen MR) is 139 cm³/mol. The Labute approximate surface area is 200 Å². The number of benzene rings is 3. The van der Waals surface area contributed by atoms with Crippen LogP contribution in [0, 0.1) is 0 Å². The van der Waals surface area contributed by atoms with Crippen LogP contribution in [0.15, 0.2) is 84.0 Å². The molecule has 0 heterocycles. The number of halogens is 2. The van der Waals surface area contributed by atoms with Crippen LogP contribution in [-0.2, 0) is 0 Å². The monoisotopic (exact) mass is 464 g/mol. The van der Waals surface area contributed by atoms with Crippen LogP contribution in [0.4, 0.5) is 0 Å². The van der Waals surface area contributed by atoms with E-state index < -0.39 is 0 Å². The first kappa shape index (κ1) is 23.6. The summed E-state index contributed by atoms with van der Waals surface area (Å²) in [6.07, 6.45) is 7.69. The van der Waals surface area contributed by atoms with Crippen LogP contribution in [0.3, 0.4) is 0 Å². The van der Waals surface area contributed by atoms with Gasteiger partial charge in [0.15, 0.2) is 0 Å². The summed E-state index contributed by atoms with van der Waals surface area (Å²) in [7, 11) is 3.67. The normalized spacial score (nSPS) is 12.0. The van der Waals surface area contributed by atoms with Gasteiger partial charge in [0.05, 0.1) is 17.8 Å². The molecule has 0 aliphatic heterocycles. The minimum atomic E-state index is 0.573. The summed E-state index contributed by atoms with van der Waals surface area (Å²) < 4.78 is 5.22. The second-order valence-corrected chi connectivity index (χ2v) is 8.04. The minimum absolute atomic E-state index is 0.573. The first-order chi connectivity index (χ1) is 15.5. The van der Waals surface area contributed by atoms with Crippen molar-refractivity contribution in [2.24, 2.45) is 4.99 Å². The summed E-state index contributed by atoms with van der Waals surface area (Å²) in [6.45, 7) is 2.94. The lowest BCUT2D eigenvalue weighted by atomic mass is 10.0. The van der Waals surface area contributed by atoms with E-state index in [2.05, 4.69) is 53.2 Å². The molecule has 0 bridgehead atoms. The molecular formula is C27H26Cl2N2O. The van der Waals surface area contributed by atoms with Crippen LogP contribution in [0.25, 0.3) is 22.9 Å². The van der Waals surface area contributed by atoms with Crippen LogP contribution >= 0.6 is 23.2 Å². The lowest BCUT2D eigenvalue weighted by Gasteiger charge is -2.13. The summed E-state index contributed by atoms with van der Waals surface area (Å²) in [4.78, 5) is 6.69. The summed E-state index contributed by atoms with van der Waals surface area (Å²) in [5.41, 5.74) is 5.01. The number of aliphatic imine (C=N–C) groups is 1. The van der Waals surface area contributed by atoms with Crippen LogP contribution in [-0.4, -0.2) is 31.8 Å². The van der Waals surface area contributed by atoms with Crippen molar-refractivity contribution in [2.75, 3.05) is 20.7 Å². The summed E-state index contributed by atoms with van der Waals surface area (Å²) in [5.74, 6) is 0.853. The molecule has 0 fully saturated rings. The molecule has 3 aromatic rings. The van der Waals surface area contributed by atoms with Crippen LogP contribution in [0.2, 0.25) is 10.0 Å². The van der Waals surface area contributed by atoms with Crippen molar-refractivity contribution in [3.05, 3.63) is 100 Å². The van der Waals surface area contributed by atoms with E-state index >= 15 is 0 Å². The van der Waals surface area contributed by atoms with E-state index in [1.807, 2.05) is 49.7 Å². The average Bonchev–Trinajstić information content (AvgIpc) is 2.81. The SMILES string of the molecule is CCN(C)\C=C(/N=C\C=C\c1ccc(-c2ccc(OC)cc2)cc1)c1ccc(Cl)cc1Cl. The highest BCUT2D eigenvalue weighted by atomic mass is 35.5. The molecule has 0 amide bonds. The Bertz CT molecular complexity index is 1120. The van der Waals surface area contributed by atoms with Crippen molar-refractivity contribution in [3.63, 3.8) is 0 Å². The van der Waals surface area contributed by atoms with E-state index in [1.165, 1.54) is 0 Å². The quantitative estimate of drug-likeness (QED) is 0.319. The highest BCUT2D eigenvalue weighted by Gasteiger charge is 2.07. The molecule has 0 aromatic heterocycles. The summed E-state index contributed by atoms with van der Waals surface area (Å²) in [6, 6.07) is 21.9. The third-order valence-corrected chi connectivity index (χ3v) is 5.52. The number of hydrogen-bond donors (Lipinski definition) is 0. The molecule has 0 aliphatic rings. The van der Waals surface area contributed by atoms with Gasteiger partial charge in [0, 0.05) is 36.6 Å². The van der Waals surface area contributed by atoms with Gasteiger partial charge in [-0.3, -0.25) is 4.99 Å². The van der Waals surface area contributed by atoms with Gasteiger partial charge < -0.3 is 9.64 Å². The largest absolute Gasteiger partial charge is 0.497 e. The maximum Gasteiger partial charge on any atom is 0.118 e. The molecule has 0 saturated carbocycles. The van der Waals surface area contributed by atoms with Gasteiger partial charge in [0.1, 0.15) is 5.75 Å². The van der Waals surface area contributed by atoms with E-state index in [9.17, 15) is 0 Å². The molecule has 32 heavy (non-hydrogen) atoms. The second kappa shape index (κ2) is 11.6. The van der Waals surface area contributed by atoms with Crippen molar-refractivity contribution in [3.8, 4) is 16.9 Å². The van der Waals surface area contributed by atoms with E-state index in [0.717, 1.165) is 40.2 Å². The fraction of sp³-hybridized carbons (Fsp3) is 0.148. The van der Waals surface area contributed by atoms with E-state index in [0.29, 0.717) is 10.0 Å². The van der Waals surface area contributed by atoms with Crippen molar-refractivity contribution in [2.45, 2.75) is 6.92 Å². The fourth-order valence-electron chi connectivity index (χ4n) is 3.02. The Morgan fingerprint density at radius 3 is 2.22 bits per heavy atom. The zero-order chi connectivity index (χ0) is 22.9. The molecule has 3 nitrogen and oxygen atoms in total. The number of allylic oxidation sites excluding steroid dienone is 1. The lowest BCUT2D eigenvalue weighted by molar-refractivity contribution is 0.415. The van der Waals surface area contributed by atoms with Crippen LogP contribution in [0.5, 0.6) is 5.75 Å². The van der Waals surface area contributed by atoms with Crippen LogP contribution < -0.4 is 4.74 Å². The highest BCUT2D eigenvalue weighted by molar-refractivity contribution is 6.35. The zero-order valence-corrected chi connectivity index (χ0v) is 19.9. The number of methoxy groups -OCH3 is 1. The third kappa shape index (κ3) is 6.49. The molecule has 0 radical (unpaired) electrons. The van der Waals surface area contributed by atoms with E-state index in [1.54, 1.807) is 19.4 Å². The predicted octanol–water partition coefficient (Wildman–Crippen LogP) is 7.70. The van der Waals surface area contributed by atoms with Crippen LogP contribution in [0.1, 0.15) is 18.1 Å². The smallest absolute Gasteiger partial charge is 0.118 e. The van der Waals surface area contributed by atoms with Gasteiger partial charge in [-0.15, -0.1) is 0 Å². The minimum Gasteiger partial charge on any atom is -0.497 e. The maximum atomic E-state index is 6.40. The summed E-state index contributed by atoms with van der Waals surface area (Å²) >= 11 is 12.4. The molecule has 0 unspecified atom stereocenters. The lowest BCUT2D eigenvalue weighted by Crippen LogP contribution is -2.09. The summed E-state index contributed by atoms with van der Waals surface area (Å²) in [5, 5.41) is 1.17. The number of rotatable bonds is 8. The number of hydrogen-bond acceptors (Lipinski definition) is 3. The average molecular weight is 465 g/mol. The van der Waals surface area contributed by atoms with Gasteiger partial charge in [-0.1, -0.05) is 65.7 Å². The molecule has 0 aliphatic carbocycles. The number of nitrogens with zero attached hydrogens (tertiary/aromatic N) is 2. The first-order valence-electron chi connectivity index (χ1n) is 10.3.